The number of hydrogen-bond acceptors (Lipinski definition) is 5. The highest BCUT2D eigenvalue weighted by atomic mass is 19.1. The molecule has 1 fully saturated rings. The Hall–Kier alpha value is -2.15. The Kier molecular flexibility index (Phi) is 4.24. The Balaban J connectivity index is 1.61. The van der Waals surface area contributed by atoms with E-state index in [1.807, 2.05) is 0 Å². The molecule has 0 aliphatic carbocycles. The van der Waals surface area contributed by atoms with Crippen LogP contribution in [0.4, 0.5) is 9.18 Å². The van der Waals surface area contributed by atoms with Crippen molar-refractivity contribution >= 4 is 17.1 Å². The maximum absolute atomic E-state index is 13.1. The summed E-state index contributed by atoms with van der Waals surface area (Å²) in [6.45, 7) is 5.55. The number of halogens is 1. The van der Waals surface area contributed by atoms with Crippen molar-refractivity contribution < 1.29 is 18.4 Å². The lowest BCUT2D eigenvalue weighted by Gasteiger charge is -2.33. The van der Waals surface area contributed by atoms with Crippen molar-refractivity contribution in [2.75, 3.05) is 32.8 Å². The summed E-state index contributed by atoms with van der Waals surface area (Å²) in [6, 6.07) is 4.43. The summed E-state index contributed by atoms with van der Waals surface area (Å²) in [5.41, 5.74) is 1.25. The fourth-order valence-electron chi connectivity index (χ4n) is 2.59. The minimum atomic E-state index is -0.335. The van der Waals surface area contributed by atoms with Crippen LogP contribution >= 0.6 is 0 Å². The smallest absolute Gasteiger partial charge is 0.409 e. The number of rotatable bonds is 3. The second-order valence-electron chi connectivity index (χ2n) is 5.23. The van der Waals surface area contributed by atoms with E-state index >= 15 is 0 Å². The Morgan fingerprint density at radius 3 is 2.86 bits per heavy atom. The van der Waals surface area contributed by atoms with E-state index in [1.54, 1.807) is 17.9 Å². The first-order valence-corrected chi connectivity index (χ1v) is 7.35. The lowest BCUT2D eigenvalue weighted by Crippen LogP contribution is -2.48. The lowest BCUT2D eigenvalue weighted by atomic mass is 10.2. The topological polar surface area (TPSA) is 58.8 Å². The van der Waals surface area contributed by atoms with Gasteiger partial charge in [-0.2, -0.15) is 0 Å². The number of carbonyl (C=O) groups excluding carboxylic acids is 1. The molecular formula is C15H18FN3O3. The zero-order valence-electron chi connectivity index (χ0n) is 12.4. The highest BCUT2D eigenvalue weighted by Crippen LogP contribution is 2.21. The highest BCUT2D eigenvalue weighted by Gasteiger charge is 2.23. The summed E-state index contributed by atoms with van der Waals surface area (Å²) >= 11 is 0. The van der Waals surface area contributed by atoms with Crippen molar-refractivity contribution in [3.05, 3.63) is 29.7 Å². The van der Waals surface area contributed by atoms with Gasteiger partial charge in [0.25, 0.3) is 0 Å². The summed E-state index contributed by atoms with van der Waals surface area (Å²) in [6.07, 6.45) is -0.260. The highest BCUT2D eigenvalue weighted by molar-refractivity contribution is 5.79. The van der Waals surface area contributed by atoms with Gasteiger partial charge in [-0.3, -0.25) is 4.90 Å². The molecule has 0 N–H and O–H groups in total. The van der Waals surface area contributed by atoms with Crippen LogP contribution in [0.25, 0.3) is 11.0 Å². The fraction of sp³-hybridized carbons (Fsp3) is 0.467. The maximum Gasteiger partial charge on any atom is 0.409 e. The molecule has 1 amide bonds. The number of aromatic nitrogens is 1. The molecule has 0 spiro atoms. The van der Waals surface area contributed by atoms with Gasteiger partial charge >= 0.3 is 6.09 Å². The quantitative estimate of drug-likeness (QED) is 0.870. The summed E-state index contributed by atoms with van der Waals surface area (Å²) < 4.78 is 23.3. The van der Waals surface area contributed by atoms with Crippen LogP contribution in [-0.4, -0.2) is 53.8 Å². The predicted octanol–water partition coefficient (Wildman–Crippen LogP) is 2.24. The molecule has 0 saturated carbocycles. The van der Waals surface area contributed by atoms with Gasteiger partial charge in [-0.25, -0.2) is 9.18 Å². The first-order chi connectivity index (χ1) is 10.7. The van der Waals surface area contributed by atoms with Crippen LogP contribution in [0.1, 0.15) is 12.6 Å². The van der Waals surface area contributed by atoms with Crippen LogP contribution in [0.3, 0.4) is 0 Å². The van der Waals surface area contributed by atoms with Gasteiger partial charge < -0.3 is 14.2 Å². The van der Waals surface area contributed by atoms with E-state index in [0.29, 0.717) is 31.8 Å². The molecule has 0 radical (unpaired) electrons. The van der Waals surface area contributed by atoms with Gasteiger partial charge in [0, 0.05) is 44.2 Å². The summed E-state index contributed by atoms with van der Waals surface area (Å²) in [4.78, 5) is 15.5. The zero-order valence-corrected chi connectivity index (χ0v) is 12.4. The molecule has 1 aromatic heterocycles. The van der Waals surface area contributed by atoms with Crippen LogP contribution < -0.4 is 0 Å². The van der Waals surface area contributed by atoms with E-state index in [2.05, 4.69) is 10.1 Å². The zero-order chi connectivity index (χ0) is 15.5. The van der Waals surface area contributed by atoms with Crippen LogP contribution in [-0.2, 0) is 11.3 Å². The molecule has 1 aromatic carbocycles. The van der Waals surface area contributed by atoms with Crippen molar-refractivity contribution in [2.45, 2.75) is 13.5 Å². The van der Waals surface area contributed by atoms with Gasteiger partial charge in [0.1, 0.15) is 11.5 Å². The number of ether oxygens (including phenoxy) is 1. The van der Waals surface area contributed by atoms with Gasteiger partial charge in [-0.15, -0.1) is 0 Å². The third-order valence-corrected chi connectivity index (χ3v) is 3.78. The molecule has 0 unspecified atom stereocenters. The van der Waals surface area contributed by atoms with Crippen molar-refractivity contribution in [3.63, 3.8) is 0 Å². The fourth-order valence-corrected chi connectivity index (χ4v) is 2.59. The maximum atomic E-state index is 13.1. The van der Waals surface area contributed by atoms with Gasteiger partial charge in [0.2, 0.25) is 0 Å². The Morgan fingerprint density at radius 2 is 2.14 bits per heavy atom. The number of piperazine rings is 1. The SMILES string of the molecule is CCOC(=O)N1CCN(Cc2noc3cc(F)ccc23)CC1. The molecule has 0 bridgehead atoms. The molecule has 1 saturated heterocycles. The average molecular weight is 307 g/mol. The monoisotopic (exact) mass is 307 g/mol. The average Bonchev–Trinajstić information content (AvgIpc) is 2.90. The van der Waals surface area contributed by atoms with Crippen molar-refractivity contribution in [1.29, 1.82) is 0 Å². The third kappa shape index (κ3) is 3.04. The molecule has 2 aromatic rings. The van der Waals surface area contributed by atoms with Crippen LogP contribution in [0.2, 0.25) is 0 Å². The molecule has 7 heteroatoms. The first kappa shape index (κ1) is 14.8. The van der Waals surface area contributed by atoms with Gasteiger partial charge in [-0.05, 0) is 19.1 Å². The van der Waals surface area contributed by atoms with Crippen molar-refractivity contribution in [2.24, 2.45) is 0 Å². The number of hydrogen-bond donors (Lipinski definition) is 0. The molecule has 22 heavy (non-hydrogen) atoms. The molecular weight excluding hydrogens is 289 g/mol. The van der Waals surface area contributed by atoms with E-state index in [9.17, 15) is 9.18 Å². The number of nitrogens with zero attached hydrogens (tertiary/aromatic N) is 3. The second kappa shape index (κ2) is 6.31. The van der Waals surface area contributed by atoms with E-state index in [1.165, 1.54) is 12.1 Å². The number of carbonyl (C=O) groups is 1. The minimum Gasteiger partial charge on any atom is -0.450 e. The van der Waals surface area contributed by atoms with Gasteiger partial charge in [0.05, 0.1) is 6.61 Å². The molecule has 0 atom stereocenters. The van der Waals surface area contributed by atoms with E-state index < -0.39 is 0 Å². The van der Waals surface area contributed by atoms with Crippen LogP contribution in [0.15, 0.2) is 22.7 Å². The number of benzene rings is 1. The Labute approximate surface area is 127 Å². The minimum absolute atomic E-state index is 0.260. The Bertz CT molecular complexity index is 665. The largest absolute Gasteiger partial charge is 0.450 e. The lowest BCUT2D eigenvalue weighted by molar-refractivity contribution is 0.0773. The van der Waals surface area contributed by atoms with Gasteiger partial charge in [0.15, 0.2) is 5.58 Å². The number of amides is 1. The second-order valence-corrected chi connectivity index (χ2v) is 5.23. The standard InChI is InChI=1S/C15H18FN3O3/c1-2-21-15(20)19-7-5-18(6-8-19)10-13-12-4-3-11(16)9-14(12)22-17-13/h3-4,9H,2,5-8,10H2,1H3. The van der Waals surface area contributed by atoms with Gasteiger partial charge in [-0.1, -0.05) is 5.16 Å². The van der Waals surface area contributed by atoms with Crippen molar-refractivity contribution in [3.8, 4) is 0 Å². The summed E-state index contributed by atoms with van der Waals surface area (Å²) in [7, 11) is 0. The summed E-state index contributed by atoms with van der Waals surface area (Å²) in [5.74, 6) is -0.335. The van der Waals surface area contributed by atoms with E-state index in [4.69, 9.17) is 9.26 Å². The molecule has 118 valence electrons. The van der Waals surface area contributed by atoms with E-state index in [-0.39, 0.29) is 11.9 Å². The molecule has 2 heterocycles. The molecule has 1 aliphatic heterocycles. The third-order valence-electron chi connectivity index (χ3n) is 3.78. The van der Waals surface area contributed by atoms with E-state index in [0.717, 1.165) is 24.2 Å². The normalized spacial score (nSPS) is 16.2. The molecule has 3 rings (SSSR count). The van der Waals surface area contributed by atoms with Crippen molar-refractivity contribution in [1.82, 2.24) is 15.0 Å². The van der Waals surface area contributed by atoms with Crippen LogP contribution in [0, 0.1) is 5.82 Å². The molecule has 6 nitrogen and oxygen atoms in total. The molecule has 1 aliphatic rings. The summed E-state index contributed by atoms with van der Waals surface area (Å²) in [5, 5.41) is 4.85. The predicted molar refractivity (Wildman–Crippen MR) is 77.8 cm³/mol. The number of fused-ring (bicyclic) bond motifs is 1. The van der Waals surface area contributed by atoms with Crippen LogP contribution in [0.5, 0.6) is 0 Å². The first-order valence-electron chi connectivity index (χ1n) is 7.35. The Morgan fingerprint density at radius 1 is 1.36 bits per heavy atom.